The number of nitrogens with zero attached hydrogens (tertiary/aromatic N) is 1. The lowest BCUT2D eigenvalue weighted by Gasteiger charge is -2.49. The Morgan fingerprint density at radius 2 is 1.45 bits per heavy atom. The maximum atomic E-state index is 12.7. The lowest BCUT2D eigenvalue weighted by atomic mass is 9.81. The lowest BCUT2D eigenvalue weighted by molar-refractivity contribution is -0.0694. The van der Waals surface area contributed by atoms with Crippen molar-refractivity contribution in [3.8, 4) is 11.5 Å². The van der Waals surface area contributed by atoms with Crippen molar-refractivity contribution < 1.29 is 28.6 Å². The molecule has 0 bridgehead atoms. The fourth-order valence-electron chi connectivity index (χ4n) is 4.69. The molecule has 2 aromatic rings. The molecule has 42 heavy (non-hydrogen) atoms. The molecular weight excluding hydrogens is 542 g/mol. The molecule has 0 aromatic heterocycles. The Morgan fingerprint density at radius 3 is 1.95 bits per heavy atom. The number of likely N-dealkylation sites (tertiary alicyclic amines) is 1. The number of hydrogen-bond acceptors (Lipinski definition) is 11. The van der Waals surface area contributed by atoms with Gasteiger partial charge in [0.25, 0.3) is 0 Å². The summed E-state index contributed by atoms with van der Waals surface area (Å²) in [7, 11) is 1.50. The third-order valence-electron chi connectivity index (χ3n) is 6.69. The summed E-state index contributed by atoms with van der Waals surface area (Å²) in [4.78, 5) is 37.8. The van der Waals surface area contributed by atoms with Crippen LogP contribution in [0.2, 0.25) is 0 Å². The Kier molecular flexibility index (Phi) is 10.3. The van der Waals surface area contributed by atoms with E-state index in [0.717, 1.165) is 12.8 Å². The Morgan fingerprint density at radius 1 is 0.929 bits per heavy atom. The molecule has 13 heteroatoms. The highest BCUT2D eigenvalue weighted by atomic mass is 16.6. The number of hydrogen-bond donors (Lipinski definition) is 6. The first kappa shape index (κ1) is 32.1. The van der Waals surface area contributed by atoms with Crippen LogP contribution in [0, 0.1) is 5.41 Å². The molecule has 2 aliphatic rings. The largest absolute Gasteiger partial charge is 0.490 e. The highest BCUT2D eigenvalue weighted by molar-refractivity contribution is 5.96. The van der Waals surface area contributed by atoms with Crippen LogP contribution in [0.4, 0.5) is 27.5 Å². The van der Waals surface area contributed by atoms with Gasteiger partial charge >= 0.3 is 6.09 Å². The van der Waals surface area contributed by atoms with Crippen LogP contribution in [-0.2, 0) is 4.74 Å². The summed E-state index contributed by atoms with van der Waals surface area (Å²) in [6, 6.07) is 6.31. The molecule has 1 saturated heterocycles. The van der Waals surface area contributed by atoms with Gasteiger partial charge in [-0.05, 0) is 64.9 Å². The summed E-state index contributed by atoms with van der Waals surface area (Å²) in [5.74, 6) is 0.189. The van der Waals surface area contributed by atoms with Crippen molar-refractivity contribution in [2.45, 2.75) is 39.2 Å². The average Bonchev–Trinajstić information content (AvgIpc) is 2.91. The first-order valence-electron chi connectivity index (χ1n) is 13.8. The molecule has 2 amide bonds. The number of amides is 2. The first-order chi connectivity index (χ1) is 19.9. The van der Waals surface area contributed by atoms with Gasteiger partial charge in [0.05, 0.1) is 16.8 Å². The summed E-state index contributed by atoms with van der Waals surface area (Å²) in [5.41, 5.74) is 23.8. The van der Waals surface area contributed by atoms with E-state index < -0.39 is 23.0 Å². The third-order valence-corrected chi connectivity index (χ3v) is 6.69. The predicted octanol–water partition coefficient (Wildman–Crippen LogP) is 2.65. The van der Waals surface area contributed by atoms with Gasteiger partial charge in [0.2, 0.25) is 5.91 Å². The number of benzene rings is 2. The molecule has 2 heterocycles. The molecule has 0 saturated carbocycles. The van der Waals surface area contributed by atoms with Crippen molar-refractivity contribution in [1.29, 1.82) is 0 Å². The van der Waals surface area contributed by atoms with Crippen molar-refractivity contribution >= 4 is 41.0 Å². The second-order valence-electron chi connectivity index (χ2n) is 11.4. The van der Waals surface area contributed by atoms with E-state index in [0.29, 0.717) is 72.3 Å². The van der Waals surface area contributed by atoms with Crippen LogP contribution in [0.3, 0.4) is 0 Å². The third kappa shape index (κ3) is 7.87. The van der Waals surface area contributed by atoms with Crippen LogP contribution in [0.1, 0.15) is 54.3 Å². The Bertz CT molecular complexity index is 1290. The van der Waals surface area contributed by atoms with E-state index in [-0.39, 0.29) is 18.8 Å². The van der Waals surface area contributed by atoms with Gasteiger partial charge in [0.1, 0.15) is 48.0 Å². The SMILES string of the molecule is CC(C)(C)OC(=O)N1CC2(COc3cc(C=O)cc(N)c3NCCCCNc3c(N)cc(C(N)=O)cc3OC2)C1.CN. The van der Waals surface area contributed by atoms with E-state index >= 15 is 0 Å². The number of aldehydes is 1. The van der Waals surface area contributed by atoms with Crippen molar-refractivity contribution in [3.05, 3.63) is 35.4 Å². The molecular formula is C29H43N7O6. The number of nitrogens with two attached hydrogens (primary N) is 4. The highest BCUT2D eigenvalue weighted by Crippen LogP contribution is 2.39. The Balaban J connectivity index is 0.00000237. The number of nitrogen functional groups attached to an aromatic ring is 2. The van der Waals surface area contributed by atoms with Gasteiger partial charge in [0, 0.05) is 37.3 Å². The molecule has 10 N–H and O–H groups in total. The molecule has 0 unspecified atom stereocenters. The zero-order valence-corrected chi connectivity index (χ0v) is 24.7. The van der Waals surface area contributed by atoms with Crippen LogP contribution in [0.25, 0.3) is 0 Å². The molecule has 0 radical (unpaired) electrons. The smallest absolute Gasteiger partial charge is 0.410 e. The quantitative estimate of drug-likeness (QED) is 0.223. The number of carbonyl (C=O) groups is 3. The van der Waals surface area contributed by atoms with Crippen LogP contribution in [-0.4, -0.2) is 75.2 Å². The van der Waals surface area contributed by atoms with E-state index in [1.165, 1.54) is 13.1 Å². The molecule has 0 aliphatic carbocycles. The van der Waals surface area contributed by atoms with E-state index in [4.69, 9.17) is 31.4 Å². The van der Waals surface area contributed by atoms with Gasteiger partial charge in [-0.2, -0.15) is 0 Å². The van der Waals surface area contributed by atoms with Gasteiger partial charge in [0.15, 0.2) is 0 Å². The zero-order chi connectivity index (χ0) is 31.1. The van der Waals surface area contributed by atoms with Gasteiger partial charge in [-0.1, -0.05) is 0 Å². The topological polar surface area (TPSA) is 210 Å². The molecule has 4 rings (SSSR count). The van der Waals surface area contributed by atoms with E-state index in [1.807, 2.05) is 0 Å². The fourth-order valence-corrected chi connectivity index (χ4v) is 4.69. The number of rotatable bonds is 2. The molecule has 0 atom stereocenters. The number of ether oxygens (including phenoxy) is 3. The van der Waals surface area contributed by atoms with Gasteiger partial charge in [-0.3, -0.25) is 9.59 Å². The van der Waals surface area contributed by atoms with Crippen LogP contribution in [0.15, 0.2) is 24.3 Å². The highest BCUT2D eigenvalue weighted by Gasteiger charge is 2.48. The minimum Gasteiger partial charge on any atom is -0.490 e. The van der Waals surface area contributed by atoms with Crippen molar-refractivity contribution in [2.24, 2.45) is 16.9 Å². The lowest BCUT2D eigenvalue weighted by Crippen LogP contribution is -2.64. The van der Waals surface area contributed by atoms with Crippen molar-refractivity contribution in [3.63, 3.8) is 0 Å². The molecule has 1 fully saturated rings. The van der Waals surface area contributed by atoms with E-state index in [9.17, 15) is 14.4 Å². The van der Waals surface area contributed by atoms with Crippen LogP contribution < -0.4 is 43.0 Å². The van der Waals surface area contributed by atoms with Gasteiger partial charge in [-0.25, -0.2) is 4.79 Å². The van der Waals surface area contributed by atoms with Crippen LogP contribution >= 0.6 is 0 Å². The average molecular weight is 586 g/mol. The van der Waals surface area contributed by atoms with E-state index in [1.54, 1.807) is 43.9 Å². The molecule has 13 nitrogen and oxygen atoms in total. The molecule has 1 spiro atoms. The summed E-state index contributed by atoms with van der Waals surface area (Å²) < 4.78 is 18.1. The van der Waals surface area contributed by atoms with Crippen molar-refractivity contribution in [2.75, 3.05) is 68.5 Å². The van der Waals surface area contributed by atoms with Gasteiger partial charge < -0.3 is 52.7 Å². The monoisotopic (exact) mass is 585 g/mol. The molecule has 2 aromatic carbocycles. The van der Waals surface area contributed by atoms with E-state index in [2.05, 4.69) is 16.4 Å². The predicted molar refractivity (Wildman–Crippen MR) is 163 cm³/mol. The molecule has 2 aliphatic heterocycles. The summed E-state index contributed by atoms with van der Waals surface area (Å²) in [5, 5.41) is 6.65. The van der Waals surface area contributed by atoms with Crippen LogP contribution in [0.5, 0.6) is 11.5 Å². The number of primary amides is 1. The number of fused-ring (bicyclic) bond motifs is 2. The summed E-state index contributed by atoms with van der Waals surface area (Å²) in [6.45, 7) is 7.49. The second-order valence-corrected chi connectivity index (χ2v) is 11.4. The normalized spacial score (nSPS) is 16.5. The second kappa shape index (κ2) is 13.5. The Labute approximate surface area is 246 Å². The van der Waals surface area contributed by atoms with Gasteiger partial charge in [-0.15, -0.1) is 0 Å². The zero-order valence-electron chi connectivity index (χ0n) is 24.7. The van der Waals surface area contributed by atoms with Crippen molar-refractivity contribution in [1.82, 2.24) is 4.90 Å². The first-order valence-corrected chi connectivity index (χ1v) is 13.8. The standard InChI is InChI=1S/C28H38N6O6.CH5N/c1-27(2,3)40-26(37)34-13-28(14-34)15-38-21-9-17(12-35)8-19(29)23(21)32-6-4-5-7-33-24-20(30)10-18(25(31)36)11-22(24)39-16-28;1-2/h8-12,32-33H,4-7,13-16,29-30H2,1-3H3,(H2,31,36);2H2,1H3. The molecule has 230 valence electrons. The fraction of sp³-hybridized carbons (Fsp3) is 0.483. The maximum absolute atomic E-state index is 12.7. The summed E-state index contributed by atoms with van der Waals surface area (Å²) in [6.07, 6.45) is 1.86. The number of carbonyl (C=O) groups excluding carboxylic acids is 3. The minimum atomic E-state index is -0.644. The number of nitrogens with one attached hydrogen (secondary N) is 2. The summed E-state index contributed by atoms with van der Waals surface area (Å²) >= 11 is 0. The maximum Gasteiger partial charge on any atom is 0.410 e. The minimum absolute atomic E-state index is 0.133. The Hall–Kier alpha value is -4.39. The number of anilines is 4.